The van der Waals surface area contributed by atoms with E-state index >= 15 is 0 Å². The van der Waals surface area contributed by atoms with E-state index < -0.39 is 17.7 Å². The standard InChI is InChI=1S/C27H25ClN4O3/c1-16-11-17(2)13-22(12-16)30-25(33)24-15-20-14-21(28)9-10-23(20)32(24)31-27(35)26(34)29-18(3)19-7-5-4-6-8-19/h4-15,18H,1-3H3,(H,29,34)(H,30,33)(H,31,35)/t18-/m1/s1. The van der Waals surface area contributed by atoms with E-state index in [4.69, 9.17) is 11.6 Å². The fourth-order valence-corrected chi connectivity index (χ4v) is 4.14. The molecule has 3 N–H and O–H groups in total. The smallest absolute Gasteiger partial charge is 0.328 e. The highest BCUT2D eigenvalue weighted by molar-refractivity contribution is 6.38. The Kier molecular flexibility index (Phi) is 6.89. The molecule has 0 spiro atoms. The molecule has 0 bridgehead atoms. The lowest BCUT2D eigenvalue weighted by Crippen LogP contribution is -2.40. The van der Waals surface area contributed by atoms with Gasteiger partial charge in [-0.2, -0.15) is 0 Å². The van der Waals surface area contributed by atoms with E-state index in [-0.39, 0.29) is 11.7 Å². The zero-order valence-electron chi connectivity index (χ0n) is 19.6. The predicted molar refractivity (Wildman–Crippen MR) is 138 cm³/mol. The van der Waals surface area contributed by atoms with Crippen LogP contribution in [-0.4, -0.2) is 22.4 Å². The van der Waals surface area contributed by atoms with Crippen molar-refractivity contribution in [3.8, 4) is 0 Å². The summed E-state index contributed by atoms with van der Waals surface area (Å²) in [6.07, 6.45) is 0. The van der Waals surface area contributed by atoms with Gasteiger partial charge in [-0.3, -0.25) is 19.8 Å². The molecular formula is C27H25ClN4O3. The van der Waals surface area contributed by atoms with Crippen LogP contribution in [0.3, 0.4) is 0 Å². The molecule has 35 heavy (non-hydrogen) atoms. The van der Waals surface area contributed by atoms with Crippen molar-refractivity contribution in [1.82, 2.24) is 9.99 Å². The van der Waals surface area contributed by atoms with Crippen LogP contribution in [0.15, 0.2) is 72.8 Å². The van der Waals surface area contributed by atoms with E-state index in [0.29, 0.717) is 21.6 Å². The molecule has 1 atom stereocenters. The first-order valence-corrected chi connectivity index (χ1v) is 11.5. The van der Waals surface area contributed by atoms with Crippen LogP contribution in [0, 0.1) is 13.8 Å². The molecule has 4 rings (SSSR count). The molecule has 0 aliphatic heterocycles. The molecule has 3 amide bonds. The van der Waals surface area contributed by atoms with Gasteiger partial charge in [-0.05, 0) is 73.9 Å². The normalized spacial score (nSPS) is 11.7. The largest absolute Gasteiger partial charge is 0.341 e. The average Bonchev–Trinajstić information content (AvgIpc) is 3.16. The number of aryl methyl sites for hydroxylation is 2. The van der Waals surface area contributed by atoms with Gasteiger partial charge in [-0.15, -0.1) is 0 Å². The van der Waals surface area contributed by atoms with Crippen molar-refractivity contribution < 1.29 is 14.4 Å². The lowest BCUT2D eigenvalue weighted by atomic mass is 10.1. The maximum absolute atomic E-state index is 13.2. The molecule has 0 fully saturated rings. The number of nitrogens with one attached hydrogen (secondary N) is 3. The number of carbonyl (C=O) groups is 3. The van der Waals surface area contributed by atoms with Crippen LogP contribution in [0.2, 0.25) is 5.02 Å². The molecule has 0 saturated heterocycles. The summed E-state index contributed by atoms with van der Waals surface area (Å²) in [6.45, 7) is 5.67. The third kappa shape index (κ3) is 5.53. The van der Waals surface area contributed by atoms with Gasteiger partial charge in [0.15, 0.2) is 0 Å². The van der Waals surface area contributed by atoms with Crippen molar-refractivity contribution >= 4 is 45.9 Å². The predicted octanol–water partition coefficient (Wildman–Crippen LogP) is 5.11. The van der Waals surface area contributed by atoms with Crippen molar-refractivity contribution in [2.45, 2.75) is 26.8 Å². The molecule has 178 valence electrons. The fourth-order valence-electron chi connectivity index (χ4n) is 3.96. The molecule has 4 aromatic rings. The molecule has 8 heteroatoms. The minimum atomic E-state index is -0.902. The monoisotopic (exact) mass is 488 g/mol. The number of aromatic nitrogens is 1. The first kappa shape index (κ1) is 24.0. The molecule has 0 unspecified atom stereocenters. The maximum Gasteiger partial charge on any atom is 0.328 e. The van der Waals surface area contributed by atoms with Crippen LogP contribution in [0.5, 0.6) is 0 Å². The van der Waals surface area contributed by atoms with Gasteiger partial charge in [0.2, 0.25) is 0 Å². The number of hydrogen-bond donors (Lipinski definition) is 3. The number of rotatable bonds is 5. The van der Waals surface area contributed by atoms with Gasteiger partial charge in [0, 0.05) is 16.1 Å². The van der Waals surface area contributed by atoms with E-state index in [2.05, 4.69) is 16.1 Å². The van der Waals surface area contributed by atoms with E-state index in [1.165, 1.54) is 4.68 Å². The van der Waals surface area contributed by atoms with Gasteiger partial charge in [-0.25, -0.2) is 4.68 Å². The van der Waals surface area contributed by atoms with Crippen LogP contribution < -0.4 is 16.1 Å². The second-order valence-corrected chi connectivity index (χ2v) is 8.88. The SMILES string of the molecule is Cc1cc(C)cc(NC(=O)c2cc3cc(Cl)ccc3n2NC(=O)C(=O)N[C@H](C)c2ccccc2)c1. The number of fused-ring (bicyclic) bond motifs is 1. The molecule has 0 aliphatic rings. The molecule has 1 heterocycles. The number of benzene rings is 3. The summed E-state index contributed by atoms with van der Waals surface area (Å²) in [4.78, 5) is 38.7. The number of nitrogens with zero attached hydrogens (tertiary/aromatic N) is 1. The first-order valence-electron chi connectivity index (χ1n) is 11.1. The highest BCUT2D eigenvalue weighted by atomic mass is 35.5. The Balaban J connectivity index is 1.60. The van der Waals surface area contributed by atoms with Crippen molar-refractivity contribution in [2.24, 2.45) is 0 Å². The van der Waals surface area contributed by atoms with E-state index in [9.17, 15) is 14.4 Å². The summed E-state index contributed by atoms with van der Waals surface area (Å²) in [5.74, 6) is -2.17. The fraction of sp³-hybridized carbons (Fsp3) is 0.148. The number of carbonyl (C=O) groups excluding carboxylic acids is 3. The minimum Gasteiger partial charge on any atom is -0.341 e. The van der Waals surface area contributed by atoms with Gasteiger partial charge in [-0.1, -0.05) is 48.0 Å². The zero-order valence-corrected chi connectivity index (χ0v) is 20.3. The minimum absolute atomic E-state index is 0.152. The molecule has 0 radical (unpaired) electrons. The van der Waals surface area contributed by atoms with Crippen LogP contribution >= 0.6 is 11.6 Å². The Bertz CT molecular complexity index is 1410. The highest BCUT2D eigenvalue weighted by Gasteiger charge is 2.22. The van der Waals surface area contributed by atoms with E-state index in [1.807, 2.05) is 62.4 Å². The Morgan fingerprint density at radius 3 is 2.23 bits per heavy atom. The van der Waals surface area contributed by atoms with Crippen LogP contribution in [-0.2, 0) is 9.59 Å². The molecule has 0 saturated carbocycles. The Morgan fingerprint density at radius 1 is 0.857 bits per heavy atom. The third-order valence-corrected chi connectivity index (χ3v) is 5.78. The van der Waals surface area contributed by atoms with Crippen LogP contribution in [0.25, 0.3) is 10.9 Å². The third-order valence-electron chi connectivity index (χ3n) is 5.54. The lowest BCUT2D eigenvalue weighted by Gasteiger charge is -2.16. The zero-order chi connectivity index (χ0) is 25.1. The summed E-state index contributed by atoms with van der Waals surface area (Å²) < 4.78 is 1.30. The summed E-state index contributed by atoms with van der Waals surface area (Å²) in [5, 5.41) is 6.67. The summed E-state index contributed by atoms with van der Waals surface area (Å²) in [5.41, 5.74) is 6.74. The summed E-state index contributed by atoms with van der Waals surface area (Å²) in [7, 11) is 0. The second-order valence-electron chi connectivity index (χ2n) is 8.45. The Hall–Kier alpha value is -4.10. The van der Waals surface area contributed by atoms with Crippen LogP contribution in [0.4, 0.5) is 5.69 Å². The number of amides is 3. The van der Waals surface area contributed by atoms with E-state index in [0.717, 1.165) is 16.7 Å². The first-order chi connectivity index (χ1) is 16.7. The maximum atomic E-state index is 13.2. The van der Waals surface area contributed by atoms with E-state index in [1.54, 1.807) is 31.2 Å². The Morgan fingerprint density at radius 2 is 1.54 bits per heavy atom. The molecule has 1 aromatic heterocycles. The molecule has 0 aliphatic carbocycles. The number of anilines is 1. The quantitative estimate of drug-likeness (QED) is 0.341. The van der Waals surface area contributed by atoms with Crippen molar-refractivity contribution in [3.05, 3.63) is 100 Å². The molecule has 3 aromatic carbocycles. The number of hydrogen-bond acceptors (Lipinski definition) is 3. The average molecular weight is 489 g/mol. The van der Waals surface area contributed by atoms with Gasteiger partial charge >= 0.3 is 11.8 Å². The Labute approximate surface area is 208 Å². The molecular weight excluding hydrogens is 464 g/mol. The van der Waals surface area contributed by atoms with Crippen molar-refractivity contribution in [1.29, 1.82) is 0 Å². The van der Waals surface area contributed by atoms with Crippen molar-refractivity contribution in [3.63, 3.8) is 0 Å². The number of halogens is 1. The summed E-state index contributed by atoms with van der Waals surface area (Å²) >= 11 is 6.13. The van der Waals surface area contributed by atoms with Gasteiger partial charge in [0.1, 0.15) is 5.69 Å². The van der Waals surface area contributed by atoms with Crippen molar-refractivity contribution in [2.75, 3.05) is 10.7 Å². The van der Waals surface area contributed by atoms with Crippen LogP contribution in [0.1, 0.15) is 40.1 Å². The van der Waals surface area contributed by atoms with Gasteiger partial charge in [0.25, 0.3) is 5.91 Å². The lowest BCUT2D eigenvalue weighted by molar-refractivity contribution is -0.137. The molecule has 7 nitrogen and oxygen atoms in total. The highest BCUT2D eigenvalue weighted by Crippen LogP contribution is 2.24. The van der Waals surface area contributed by atoms with Gasteiger partial charge < -0.3 is 10.6 Å². The summed E-state index contributed by atoms with van der Waals surface area (Å²) in [6, 6.07) is 21.3. The topological polar surface area (TPSA) is 92.2 Å². The van der Waals surface area contributed by atoms with Gasteiger partial charge in [0.05, 0.1) is 11.6 Å². The second kappa shape index (κ2) is 10.0.